The van der Waals surface area contributed by atoms with E-state index in [-0.39, 0.29) is 42.5 Å². The molecule has 28 heavy (non-hydrogen) atoms. The van der Waals surface area contributed by atoms with Crippen molar-refractivity contribution in [3.8, 4) is 5.75 Å². The molecule has 0 heterocycles. The average molecular weight is 389 g/mol. The summed E-state index contributed by atoms with van der Waals surface area (Å²) in [6.45, 7) is 1.92. The summed E-state index contributed by atoms with van der Waals surface area (Å²) in [6.07, 6.45) is 0. The molecule has 0 saturated heterocycles. The highest BCUT2D eigenvalue weighted by Gasteiger charge is 2.22. The number of rotatable bonds is 8. The van der Waals surface area contributed by atoms with E-state index in [0.717, 1.165) is 11.6 Å². The van der Waals surface area contributed by atoms with Crippen LogP contribution in [0.2, 0.25) is 0 Å². The molecule has 0 aliphatic rings. The smallest absolute Gasteiger partial charge is 0.311 e. The fourth-order valence-electron chi connectivity index (χ4n) is 2.51. The van der Waals surface area contributed by atoms with E-state index in [1.54, 1.807) is 19.1 Å². The Morgan fingerprint density at radius 1 is 1.21 bits per heavy atom. The summed E-state index contributed by atoms with van der Waals surface area (Å²) in [4.78, 5) is 36.6. The molecule has 8 nitrogen and oxygen atoms in total. The van der Waals surface area contributed by atoms with Crippen molar-refractivity contribution >= 4 is 17.5 Å². The number of methoxy groups -OCH3 is 1. The summed E-state index contributed by atoms with van der Waals surface area (Å²) in [5.74, 6) is -1.24. The number of nitrogens with zero attached hydrogens (tertiary/aromatic N) is 2. The first-order chi connectivity index (χ1) is 13.3. The second-order valence-corrected chi connectivity index (χ2v) is 5.87. The van der Waals surface area contributed by atoms with Crippen LogP contribution in [-0.4, -0.2) is 41.8 Å². The maximum Gasteiger partial charge on any atom is 0.311 e. The monoisotopic (exact) mass is 389 g/mol. The van der Waals surface area contributed by atoms with Gasteiger partial charge in [0.1, 0.15) is 5.82 Å². The molecule has 0 aliphatic heterocycles. The summed E-state index contributed by atoms with van der Waals surface area (Å²) in [6, 6.07) is 9.56. The van der Waals surface area contributed by atoms with Crippen LogP contribution in [0.15, 0.2) is 42.5 Å². The van der Waals surface area contributed by atoms with E-state index in [0.29, 0.717) is 0 Å². The van der Waals surface area contributed by atoms with Crippen LogP contribution in [0.5, 0.6) is 5.75 Å². The van der Waals surface area contributed by atoms with Crippen LogP contribution in [0.25, 0.3) is 0 Å². The third-order valence-electron chi connectivity index (χ3n) is 4.03. The minimum Gasteiger partial charge on any atom is -0.490 e. The normalized spacial score (nSPS) is 10.2. The molecule has 0 unspecified atom stereocenters. The topological polar surface area (TPSA) is 102 Å². The highest BCUT2D eigenvalue weighted by atomic mass is 19.1. The van der Waals surface area contributed by atoms with Gasteiger partial charge < -0.3 is 15.0 Å². The average Bonchev–Trinajstić information content (AvgIpc) is 2.70. The number of likely N-dealkylation sites (N-methyl/N-ethyl adjacent to an activating group) is 1. The van der Waals surface area contributed by atoms with Gasteiger partial charge in [0, 0.05) is 24.7 Å². The molecule has 2 aromatic carbocycles. The molecule has 2 rings (SSSR count). The van der Waals surface area contributed by atoms with E-state index in [2.05, 4.69) is 5.32 Å². The summed E-state index contributed by atoms with van der Waals surface area (Å²) >= 11 is 0. The van der Waals surface area contributed by atoms with Gasteiger partial charge >= 0.3 is 5.69 Å². The maximum absolute atomic E-state index is 12.9. The number of benzene rings is 2. The van der Waals surface area contributed by atoms with Gasteiger partial charge in [0.15, 0.2) is 5.75 Å². The molecule has 0 aromatic heterocycles. The molecule has 0 aliphatic carbocycles. The Morgan fingerprint density at radius 3 is 2.46 bits per heavy atom. The molecule has 9 heteroatoms. The number of carbonyl (C=O) groups excluding carboxylic acids is 2. The zero-order valence-electron chi connectivity index (χ0n) is 15.5. The zero-order valence-corrected chi connectivity index (χ0v) is 15.5. The SMILES string of the molecule is CCN(CC(=O)NCc1ccc(F)cc1)C(=O)c1ccc(OC)c([N+](=O)[O-])c1. The molecule has 0 bridgehead atoms. The van der Waals surface area contributed by atoms with Crippen LogP contribution in [0.1, 0.15) is 22.8 Å². The molecule has 0 fully saturated rings. The maximum atomic E-state index is 12.9. The van der Waals surface area contributed by atoms with Crippen molar-refractivity contribution in [1.29, 1.82) is 0 Å². The van der Waals surface area contributed by atoms with Gasteiger partial charge in [-0.2, -0.15) is 0 Å². The molecule has 148 valence electrons. The standard InChI is InChI=1S/C19H20FN3O5/c1-3-22(12-18(24)21-11-13-4-7-15(20)8-5-13)19(25)14-6-9-17(28-2)16(10-14)23(26)27/h4-10H,3,11-12H2,1-2H3,(H,21,24). The fourth-order valence-corrected chi connectivity index (χ4v) is 2.51. The Kier molecular flexibility index (Phi) is 7.02. The lowest BCUT2D eigenvalue weighted by molar-refractivity contribution is -0.385. The van der Waals surface area contributed by atoms with E-state index in [9.17, 15) is 24.1 Å². The second kappa shape index (κ2) is 9.45. The third kappa shape index (κ3) is 5.26. The van der Waals surface area contributed by atoms with E-state index in [4.69, 9.17) is 4.74 Å². The number of nitrogens with one attached hydrogen (secondary N) is 1. The number of hydrogen-bond acceptors (Lipinski definition) is 5. The first kappa shape index (κ1) is 20.8. The number of amides is 2. The van der Waals surface area contributed by atoms with Gasteiger partial charge in [-0.15, -0.1) is 0 Å². The van der Waals surface area contributed by atoms with E-state index in [1.807, 2.05) is 0 Å². The summed E-state index contributed by atoms with van der Waals surface area (Å²) in [7, 11) is 1.30. The van der Waals surface area contributed by atoms with E-state index >= 15 is 0 Å². The molecule has 2 amide bonds. The van der Waals surface area contributed by atoms with Gasteiger partial charge in [0.25, 0.3) is 5.91 Å². The quantitative estimate of drug-likeness (QED) is 0.552. The highest BCUT2D eigenvalue weighted by molar-refractivity contribution is 5.97. The molecule has 1 N–H and O–H groups in total. The molecule has 0 atom stereocenters. The number of nitro groups is 1. The van der Waals surface area contributed by atoms with Crippen LogP contribution in [0.3, 0.4) is 0 Å². The van der Waals surface area contributed by atoms with Crippen LogP contribution in [0.4, 0.5) is 10.1 Å². The van der Waals surface area contributed by atoms with Crippen LogP contribution >= 0.6 is 0 Å². The highest BCUT2D eigenvalue weighted by Crippen LogP contribution is 2.28. The van der Waals surface area contributed by atoms with Gasteiger partial charge in [-0.3, -0.25) is 19.7 Å². The minimum atomic E-state index is -0.638. The van der Waals surface area contributed by atoms with Crippen molar-refractivity contribution in [2.24, 2.45) is 0 Å². The Bertz CT molecular complexity index is 870. The van der Waals surface area contributed by atoms with Crippen LogP contribution in [0, 0.1) is 15.9 Å². The number of ether oxygens (including phenoxy) is 1. The molecule has 0 saturated carbocycles. The summed E-state index contributed by atoms with van der Waals surface area (Å²) < 4.78 is 17.8. The summed E-state index contributed by atoms with van der Waals surface area (Å²) in [5.41, 5.74) is 0.473. The minimum absolute atomic E-state index is 0.0432. The number of carbonyl (C=O) groups is 2. The first-order valence-electron chi connectivity index (χ1n) is 8.48. The van der Waals surface area contributed by atoms with Crippen molar-refractivity contribution in [3.05, 3.63) is 69.5 Å². The van der Waals surface area contributed by atoms with Crippen molar-refractivity contribution in [1.82, 2.24) is 10.2 Å². The van der Waals surface area contributed by atoms with Gasteiger partial charge in [-0.1, -0.05) is 12.1 Å². The van der Waals surface area contributed by atoms with Crippen molar-refractivity contribution in [2.75, 3.05) is 20.2 Å². The van der Waals surface area contributed by atoms with Gasteiger partial charge in [-0.25, -0.2) is 4.39 Å². The molecule has 2 aromatic rings. The van der Waals surface area contributed by atoms with E-state index in [1.165, 1.54) is 36.3 Å². The van der Waals surface area contributed by atoms with Crippen molar-refractivity contribution < 1.29 is 23.6 Å². The Balaban J connectivity index is 2.04. The van der Waals surface area contributed by atoms with Crippen LogP contribution in [-0.2, 0) is 11.3 Å². The van der Waals surface area contributed by atoms with Gasteiger partial charge in [0.05, 0.1) is 18.6 Å². The lowest BCUT2D eigenvalue weighted by Crippen LogP contribution is -2.40. The molecule has 0 spiro atoms. The van der Waals surface area contributed by atoms with Gasteiger partial charge in [0.2, 0.25) is 5.91 Å². The van der Waals surface area contributed by atoms with Crippen molar-refractivity contribution in [3.63, 3.8) is 0 Å². The Morgan fingerprint density at radius 2 is 1.89 bits per heavy atom. The second-order valence-electron chi connectivity index (χ2n) is 5.87. The Labute approximate surface area is 161 Å². The lowest BCUT2D eigenvalue weighted by atomic mass is 10.1. The predicted octanol–water partition coefficient (Wildman–Crippen LogP) is 2.52. The Hall–Kier alpha value is -3.49. The number of nitro benzene ring substituents is 1. The number of hydrogen-bond donors (Lipinski definition) is 1. The molecular formula is C19H20FN3O5. The summed E-state index contributed by atoms with van der Waals surface area (Å²) in [5, 5.41) is 13.8. The largest absolute Gasteiger partial charge is 0.490 e. The number of halogens is 1. The van der Waals surface area contributed by atoms with Gasteiger partial charge in [-0.05, 0) is 36.8 Å². The zero-order chi connectivity index (χ0) is 20.7. The molecule has 0 radical (unpaired) electrons. The lowest BCUT2D eigenvalue weighted by Gasteiger charge is -2.20. The van der Waals surface area contributed by atoms with E-state index < -0.39 is 16.7 Å². The molecular weight excluding hydrogens is 369 g/mol. The fraction of sp³-hybridized carbons (Fsp3) is 0.263. The van der Waals surface area contributed by atoms with Crippen LogP contribution < -0.4 is 10.1 Å². The van der Waals surface area contributed by atoms with Crippen molar-refractivity contribution in [2.45, 2.75) is 13.5 Å². The first-order valence-corrected chi connectivity index (χ1v) is 8.48. The third-order valence-corrected chi connectivity index (χ3v) is 4.03. The predicted molar refractivity (Wildman–Crippen MR) is 99.5 cm³/mol.